The number of halogens is 7. The summed E-state index contributed by atoms with van der Waals surface area (Å²) in [7, 11) is 0. The average molecular weight is 757 g/mol. The van der Waals surface area contributed by atoms with Crippen LogP contribution >= 0.6 is 0 Å². The van der Waals surface area contributed by atoms with E-state index in [1.807, 2.05) is 0 Å². The third kappa shape index (κ3) is 12.6. The predicted molar refractivity (Wildman–Crippen MR) is 180 cm³/mol. The third-order valence-corrected chi connectivity index (χ3v) is 7.82. The number of alkyl halides is 3. The van der Waals surface area contributed by atoms with E-state index >= 15 is 17.6 Å². The number of esters is 2. The van der Waals surface area contributed by atoms with Crippen molar-refractivity contribution in [2.24, 2.45) is 0 Å². The SMILES string of the molecule is C=C(CO)C(=O)OCCOc1ccc(-c2ccc(-c3ccc(OCCOC(=O)C(=C)CO)c(F)c3F)c(F)c2CCCCCCCC(F)(F)F)cc1F. The van der Waals surface area contributed by atoms with Gasteiger partial charge in [0.25, 0.3) is 0 Å². The van der Waals surface area contributed by atoms with Gasteiger partial charge in [-0.25, -0.2) is 22.8 Å². The van der Waals surface area contributed by atoms with Gasteiger partial charge >= 0.3 is 18.1 Å². The second-order valence-corrected chi connectivity index (χ2v) is 11.7. The first-order chi connectivity index (χ1) is 25.2. The van der Waals surface area contributed by atoms with Gasteiger partial charge < -0.3 is 29.2 Å². The van der Waals surface area contributed by atoms with Gasteiger partial charge in [-0.05, 0) is 60.2 Å². The number of hydrogen-bond acceptors (Lipinski definition) is 8. The number of carbonyl (C=O) groups excluding carboxylic acids is 2. The van der Waals surface area contributed by atoms with Gasteiger partial charge in [-0.3, -0.25) is 0 Å². The van der Waals surface area contributed by atoms with E-state index < -0.39 is 72.3 Å². The average Bonchev–Trinajstić information content (AvgIpc) is 3.12. The molecular formula is C38H39F7O8. The van der Waals surface area contributed by atoms with Crippen LogP contribution in [0.1, 0.15) is 44.1 Å². The minimum atomic E-state index is -4.26. The summed E-state index contributed by atoms with van der Waals surface area (Å²) in [5.74, 6) is -7.14. The fraction of sp³-hybridized carbons (Fsp3) is 0.368. The molecule has 15 heteroatoms. The number of ether oxygens (including phenoxy) is 4. The smallest absolute Gasteiger partial charge is 0.389 e. The zero-order valence-electron chi connectivity index (χ0n) is 28.6. The quantitative estimate of drug-likeness (QED) is 0.0488. The molecular weight excluding hydrogens is 717 g/mol. The molecule has 0 bridgehead atoms. The summed E-state index contributed by atoms with van der Waals surface area (Å²) in [5.41, 5.74) is -0.670. The van der Waals surface area contributed by atoms with Crippen LogP contribution in [0.4, 0.5) is 30.7 Å². The molecule has 3 rings (SSSR count). The van der Waals surface area contributed by atoms with E-state index in [-0.39, 0.29) is 78.4 Å². The van der Waals surface area contributed by atoms with Crippen LogP contribution in [0.3, 0.4) is 0 Å². The lowest BCUT2D eigenvalue weighted by Gasteiger charge is -2.17. The molecule has 0 spiro atoms. The maximum Gasteiger partial charge on any atom is 0.389 e. The summed E-state index contributed by atoms with van der Waals surface area (Å²) in [6.45, 7) is 4.15. The van der Waals surface area contributed by atoms with E-state index in [9.17, 15) is 22.8 Å². The number of aliphatic hydroxyl groups excluding tert-OH is 2. The Labute approximate surface area is 301 Å². The molecule has 3 aromatic rings. The van der Waals surface area contributed by atoms with Gasteiger partial charge in [0, 0.05) is 17.5 Å². The molecule has 0 saturated carbocycles. The van der Waals surface area contributed by atoms with Crippen molar-refractivity contribution in [2.45, 2.75) is 51.1 Å². The molecule has 0 heterocycles. The monoisotopic (exact) mass is 756 g/mol. The fourth-order valence-corrected chi connectivity index (χ4v) is 5.04. The Hall–Kier alpha value is -4.89. The first-order valence-electron chi connectivity index (χ1n) is 16.5. The van der Waals surface area contributed by atoms with Crippen molar-refractivity contribution in [2.75, 3.05) is 39.6 Å². The molecule has 2 N–H and O–H groups in total. The predicted octanol–water partition coefficient (Wildman–Crippen LogP) is 7.96. The lowest BCUT2D eigenvalue weighted by Crippen LogP contribution is -2.15. The lowest BCUT2D eigenvalue weighted by atomic mass is 9.90. The highest BCUT2D eigenvalue weighted by atomic mass is 19.4. The summed E-state index contributed by atoms with van der Waals surface area (Å²) >= 11 is 0. The standard InChI is InChI=1S/C38H39F7O8/c1-23(21-46)36(48)52-18-16-50-31-13-9-25(20-30(31)39)26-10-11-28(33(40)27(26)8-6-4-3-5-7-15-38(43,44)45)29-12-14-32(35(42)34(29)41)51-17-19-53-37(49)24(2)22-47/h9-14,20,46-47H,1-8,15-19,21-22H2. The zero-order chi connectivity index (χ0) is 39.1. The highest BCUT2D eigenvalue weighted by Crippen LogP contribution is 2.38. The minimum absolute atomic E-state index is 0.0331. The van der Waals surface area contributed by atoms with Crippen LogP contribution in [0.15, 0.2) is 66.8 Å². The molecule has 0 aromatic heterocycles. The van der Waals surface area contributed by atoms with Crippen molar-refractivity contribution in [3.8, 4) is 33.8 Å². The minimum Gasteiger partial charge on any atom is -0.487 e. The second-order valence-electron chi connectivity index (χ2n) is 11.7. The van der Waals surface area contributed by atoms with Crippen molar-refractivity contribution < 1.29 is 69.5 Å². The van der Waals surface area contributed by atoms with Gasteiger partial charge in [-0.15, -0.1) is 0 Å². The molecule has 0 aliphatic rings. The zero-order valence-corrected chi connectivity index (χ0v) is 28.6. The van der Waals surface area contributed by atoms with E-state index in [0.717, 1.165) is 18.2 Å². The molecule has 0 amide bonds. The van der Waals surface area contributed by atoms with Crippen molar-refractivity contribution in [1.82, 2.24) is 0 Å². The van der Waals surface area contributed by atoms with E-state index in [2.05, 4.69) is 13.2 Å². The second kappa shape index (κ2) is 20.4. The molecule has 0 aliphatic carbocycles. The number of unbranched alkanes of at least 4 members (excludes halogenated alkanes) is 4. The summed E-state index contributed by atoms with van der Waals surface area (Å²) in [6.07, 6.45) is -3.69. The van der Waals surface area contributed by atoms with Crippen molar-refractivity contribution >= 4 is 11.9 Å². The number of rotatable bonds is 21. The molecule has 0 saturated heterocycles. The Kier molecular flexibility index (Phi) is 16.3. The first kappa shape index (κ1) is 42.5. The maximum atomic E-state index is 16.3. The maximum absolute atomic E-state index is 16.3. The Balaban J connectivity index is 1.83. The first-order valence-corrected chi connectivity index (χ1v) is 16.5. The van der Waals surface area contributed by atoms with Crippen LogP contribution in [-0.2, 0) is 25.5 Å². The Morgan fingerprint density at radius 1 is 0.623 bits per heavy atom. The van der Waals surface area contributed by atoms with Crippen LogP contribution in [0.25, 0.3) is 22.3 Å². The molecule has 8 nitrogen and oxygen atoms in total. The number of benzene rings is 3. The lowest BCUT2D eigenvalue weighted by molar-refractivity contribution is -0.141. The third-order valence-electron chi connectivity index (χ3n) is 7.82. The molecule has 3 aromatic carbocycles. The summed E-state index contributed by atoms with van der Waals surface area (Å²) < 4.78 is 120. The Morgan fingerprint density at radius 3 is 1.72 bits per heavy atom. The fourth-order valence-electron chi connectivity index (χ4n) is 5.04. The molecule has 0 radical (unpaired) electrons. The number of hydrogen-bond donors (Lipinski definition) is 2. The highest BCUT2D eigenvalue weighted by Gasteiger charge is 2.26. The van der Waals surface area contributed by atoms with Gasteiger partial charge in [0.15, 0.2) is 23.1 Å². The van der Waals surface area contributed by atoms with E-state index in [1.54, 1.807) is 0 Å². The van der Waals surface area contributed by atoms with Gasteiger partial charge in [-0.1, -0.05) is 50.6 Å². The molecule has 288 valence electrons. The van der Waals surface area contributed by atoms with Gasteiger partial charge in [0.05, 0.1) is 24.4 Å². The van der Waals surface area contributed by atoms with Gasteiger partial charge in [-0.2, -0.15) is 17.6 Å². The van der Waals surface area contributed by atoms with Crippen LogP contribution in [0.5, 0.6) is 11.5 Å². The normalized spacial score (nSPS) is 11.3. The number of aliphatic hydroxyl groups is 2. The summed E-state index contributed by atoms with van der Waals surface area (Å²) in [4.78, 5) is 23.2. The molecule has 0 unspecified atom stereocenters. The van der Waals surface area contributed by atoms with Crippen LogP contribution < -0.4 is 9.47 Å². The van der Waals surface area contributed by atoms with Gasteiger partial charge in [0.1, 0.15) is 32.2 Å². The Bertz CT molecular complexity index is 1760. The number of carbonyl (C=O) groups is 2. The van der Waals surface area contributed by atoms with Crippen molar-refractivity contribution in [1.29, 1.82) is 0 Å². The van der Waals surface area contributed by atoms with Crippen molar-refractivity contribution in [3.63, 3.8) is 0 Å². The Morgan fingerprint density at radius 2 is 1.13 bits per heavy atom. The largest absolute Gasteiger partial charge is 0.487 e. The highest BCUT2D eigenvalue weighted by molar-refractivity contribution is 5.88. The van der Waals surface area contributed by atoms with E-state index in [1.165, 1.54) is 24.3 Å². The van der Waals surface area contributed by atoms with E-state index in [4.69, 9.17) is 29.2 Å². The van der Waals surface area contributed by atoms with Gasteiger partial charge in [0.2, 0.25) is 5.82 Å². The summed E-state index contributed by atoms with van der Waals surface area (Å²) in [6, 6.07) is 8.56. The molecule has 0 aliphatic heterocycles. The molecule has 53 heavy (non-hydrogen) atoms. The molecule has 0 fully saturated rings. The van der Waals surface area contributed by atoms with Crippen LogP contribution in [-0.4, -0.2) is 68.0 Å². The van der Waals surface area contributed by atoms with Crippen LogP contribution in [0, 0.1) is 23.3 Å². The van der Waals surface area contributed by atoms with Crippen molar-refractivity contribution in [3.05, 3.63) is 95.6 Å². The van der Waals surface area contributed by atoms with Crippen LogP contribution in [0.2, 0.25) is 0 Å². The topological polar surface area (TPSA) is 112 Å². The van der Waals surface area contributed by atoms with E-state index in [0.29, 0.717) is 25.7 Å². The summed E-state index contributed by atoms with van der Waals surface area (Å²) in [5, 5.41) is 17.8. The molecule has 0 atom stereocenters.